The van der Waals surface area contributed by atoms with Crippen LogP contribution in [0, 0.1) is 11.6 Å². The second kappa shape index (κ2) is 7.20. The largest absolute Gasteiger partial charge is 0.382 e. The number of benzene rings is 1. The highest BCUT2D eigenvalue weighted by Gasteiger charge is 2.20. The Kier molecular flexibility index (Phi) is 5.03. The number of nitrogens with two attached hydrogens (primary N) is 1. The number of rotatable bonds is 5. The Morgan fingerprint density at radius 3 is 2.79 bits per heavy atom. The molecule has 128 valence electrons. The number of ether oxygens (including phenoxy) is 1. The van der Waals surface area contributed by atoms with E-state index < -0.39 is 11.6 Å². The zero-order valence-electron chi connectivity index (χ0n) is 12.7. The van der Waals surface area contributed by atoms with Crippen molar-refractivity contribution in [2.24, 2.45) is 0 Å². The van der Waals surface area contributed by atoms with Crippen LogP contribution in [-0.4, -0.2) is 48.5 Å². The van der Waals surface area contributed by atoms with Gasteiger partial charge >= 0.3 is 0 Å². The predicted octanol–water partition coefficient (Wildman–Crippen LogP) is 2.26. The second-order valence-electron chi connectivity index (χ2n) is 5.30. The van der Waals surface area contributed by atoms with Crippen molar-refractivity contribution in [3.63, 3.8) is 0 Å². The Hall–Kier alpha value is -2.10. The molecule has 1 aromatic heterocycles. The summed E-state index contributed by atoms with van der Waals surface area (Å²) in [5, 5.41) is 3.18. The molecule has 0 saturated carbocycles. The van der Waals surface area contributed by atoms with Crippen LogP contribution in [0.4, 0.5) is 25.4 Å². The molecule has 24 heavy (non-hydrogen) atoms. The van der Waals surface area contributed by atoms with Gasteiger partial charge in [-0.25, -0.2) is 13.8 Å². The van der Waals surface area contributed by atoms with Crippen LogP contribution in [0.1, 0.15) is 9.67 Å². The minimum absolute atomic E-state index is 0.120. The van der Waals surface area contributed by atoms with E-state index in [9.17, 15) is 13.6 Å². The number of halogens is 2. The summed E-state index contributed by atoms with van der Waals surface area (Å²) >= 11 is 1.09. The van der Waals surface area contributed by atoms with E-state index in [0.29, 0.717) is 42.0 Å². The zero-order valence-corrected chi connectivity index (χ0v) is 13.5. The highest BCUT2D eigenvalue weighted by molar-refractivity contribution is 7.18. The number of aromatic nitrogens is 1. The Labute approximate surface area is 141 Å². The third-order valence-corrected chi connectivity index (χ3v) is 4.58. The Bertz CT molecular complexity index is 747. The van der Waals surface area contributed by atoms with Crippen molar-refractivity contribution in [2.75, 3.05) is 43.9 Å². The number of nitrogens with one attached hydrogen (secondary N) is 1. The maximum atomic E-state index is 13.2. The molecule has 0 unspecified atom stereocenters. The van der Waals surface area contributed by atoms with Crippen molar-refractivity contribution in [3.8, 4) is 0 Å². The van der Waals surface area contributed by atoms with Crippen LogP contribution in [0.15, 0.2) is 18.2 Å². The molecule has 0 spiro atoms. The van der Waals surface area contributed by atoms with Gasteiger partial charge in [0.2, 0.25) is 0 Å². The van der Waals surface area contributed by atoms with Crippen molar-refractivity contribution in [3.05, 3.63) is 34.7 Å². The first-order chi connectivity index (χ1) is 11.5. The first-order valence-corrected chi connectivity index (χ1v) is 8.16. The lowest BCUT2D eigenvalue weighted by Gasteiger charge is -2.25. The van der Waals surface area contributed by atoms with Gasteiger partial charge < -0.3 is 15.8 Å². The molecule has 0 radical (unpaired) electrons. The number of morpholine rings is 1. The molecule has 9 heteroatoms. The van der Waals surface area contributed by atoms with Gasteiger partial charge in [0.25, 0.3) is 0 Å². The van der Waals surface area contributed by atoms with Crippen molar-refractivity contribution in [2.45, 2.75) is 0 Å². The third kappa shape index (κ3) is 3.86. The number of carbonyl (C=O) groups excluding carboxylic acids is 1. The first-order valence-electron chi connectivity index (χ1n) is 7.34. The molecule has 1 fully saturated rings. The summed E-state index contributed by atoms with van der Waals surface area (Å²) in [6.45, 7) is 2.86. The van der Waals surface area contributed by atoms with Gasteiger partial charge in [0.1, 0.15) is 10.7 Å². The highest BCUT2D eigenvalue weighted by atomic mass is 32.1. The molecular weight excluding hydrogens is 338 g/mol. The van der Waals surface area contributed by atoms with Crippen LogP contribution in [0.5, 0.6) is 0 Å². The van der Waals surface area contributed by atoms with Gasteiger partial charge in [-0.1, -0.05) is 11.3 Å². The van der Waals surface area contributed by atoms with Gasteiger partial charge in [-0.3, -0.25) is 9.69 Å². The molecule has 0 bridgehead atoms. The number of anilines is 3. The summed E-state index contributed by atoms with van der Waals surface area (Å²) in [4.78, 5) is 18.8. The maximum absolute atomic E-state index is 13.2. The van der Waals surface area contributed by atoms with Crippen molar-refractivity contribution < 1.29 is 18.3 Å². The van der Waals surface area contributed by atoms with E-state index in [4.69, 9.17) is 10.5 Å². The molecule has 6 nitrogen and oxygen atoms in total. The van der Waals surface area contributed by atoms with Gasteiger partial charge in [-0.15, -0.1) is 0 Å². The Balaban J connectivity index is 1.69. The summed E-state index contributed by atoms with van der Waals surface area (Å²) in [7, 11) is 0. The Morgan fingerprint density at radius 2 is 2.08 bits per heavy atom. The number of hydrogen-bond donors (Lipinski definition) is 2. The van der Waals surface area contributed by atoms with Crippen LogP contribution in [0.25, 0.3) is 0 Å². The van der Waals surface area contributed by atoms with E-state index in [1.54, 1.807) is 0 Å². The monoisotopic (exact) mass is 354 g/mol. The minimum atomic E-state index is -0.965. The van der Waals surface area contributed by atoms with E-state index in [1.165, 1.54) is 6.07 Å². The van der Waals surface area contributed by atoms with Crippen molar-refractivity contribution >= 4 is 33.8 Å². The number of hydrogen-bond acceptors (Lipinski definition) is 7. The highest BCUT2D eigenvalue weighted by Crippen LogP contribution is 2.28. The van der Waals surface area contributed by atoms with Gasteiger partial charge in [0.05, 0.1) is 19.8 Å². The smallest absolute Gasteiger partial charge is 0.190 e. The molecule has 3 N–H and O–H groups in total. The molecular formula is C15H16F2N4O2S. The van der Waals surface area contributed by atoms with Crippen molar-refractivity contribution in [1.29, 1.82) is 0 Å². The van der Waals surface area contributed by atoms with Crippen LogP contribution in [0.2, 0.25) is 0 Å². The number of Topliss-reactive ketones (excluding diaryl/α,β-unsaturated/α-hetero) is 1. The summed E-state index contributed by atoms with van der Waals surface area (Å²) in [6, 6.07) is 3.41. The molecule has 2 heterocycles. The minimum Gasteiger partial charge on any atom is -0.382 e. The quantitative estimate of drug-likeness (QED) is 0.802. The summed E-state index contributed by atoms with van der Waals surface area (Å²) in [5.74, 6) is -1.89. The predicted molar refractivity (Wildman–Crippen MR) is 87.8 cm³/mol. The zero-order chi connectivity index (χ0) is 17.1. The number of nitrogen functional groups attached to an aromatic ring is 1. The van der Waals surface area contributed by atoms with E-state index in [-0.39, 0.29) is 18.1 Å². The second-order valence-corrected chi connectivity index (χ2v) is 6.30. The maximum Gasteiger partial charge on any atom is 0.190 e. The molecule has 0 aliphatic carbocycles. The molecule has 1 aliphatic rings. The fourth-order valence-electron chi connectivity index (χ4n) is 2.32. The van der Waals surface area contributed by atoms with Crippen LogP contribution in [0.3, 0.4) is 0 Å². The van der Waals surface area contributed by atoms with Gasteiger partial charge in [0, 0.05) is 24.8 Å². The first kappa shape index (κ1) is 16.7. The summed E-state index contributed by atoms with van der Waals surface area (Å²) < 4.78 is 31.4. The number of thiazole rings is 1. The van der Waals surface area contributed by atoms with E-state index in [1.807, 2.05) is 4.90 Å². The molecule has 2 aromatic rings. The van der Waals surface area contributed by atoms with Gasteiger partial charge in [-0.2, -0.15) is 0 Å². The lowest BCUT2D eigenvalue weighted by molar-refractivity contribution is 0.0372. The van der Waals surface area contributed by atoms with E-state index in [0.717, 1.165) is 23.5 Å². The van der Waals surface area contributed by atoms with Crippen LogP contribution < -0.4 is 11.1 Å². The number of nitrogens with zero attached hydrogens (tertiary/aromatic N) is 2. The topological polar surface area (TPSA) is 80.5 Å². The normalized spacial score (nSPS) is 15.4. The lowest BCUT2D eigenvalue weighted by Crippen LogP contribution is -2.39. The molecule has 1 aromatic carbocycles. The van der Waals surface area contributed by atoms with Gasteiger partial charge in [-0.05, 0) is 12.1 Å². The lowest BCUT2D eigenvalue weighted by atomic mass is 10.3. The molecule has 1 aliphatic heterocycles. The van der Waals surface area contributed by atoms with Gasteiger partial charge in [0.15, 0.2) is 22.5 Å². The van der Waals surface area contributed by atoms with Crippen LogP contribution >= 0.6 is 11.3 Å². The van der Waals surface area contributed by atoms with Crippen LogP contribution in [-0.2, 0) is 4.74 Å². The molecule has 0 amide bonds. The fourth-order valence-corrected chi connectivity index (χ4v) is 3.15. The SMILES string of the molecule is Nc1nc(Nc2ccc(F)c(F)c2)sc1C(=O)CN1CCOCC1. The molecule has 3 rings (SSSR count). The average Bonchev–Trinajstić information content (AvgIpc) is 2.92. The molecule has 0 atom stereocenters. The molecule has 1 saturated heterocycles. The fraction of sp³-hybridized carbons (Fsp3) is 0.333. The summed E-state index contributed by atoms with van der Waals surface area (Å²) in [5.41, 5.74) is 6.14. The third-order valence-electron chi connectivity index (χ3n) is 3.55. The van der Waals surface area contributed by atoms with E-state index in [2.05, 4.69) is 10.3 Å². The standard InChI is InChI=1S/C15H16F2N4O2S/c16-10-2-1-9(7-11(10)17)19-15-20-14(18)13(24-15)12(22)8-21-3-5-23-6-4-21/h1-2,7H,3-6,8,18H2,(H,19,20). The van der Waals surface area contributed by atoms with E-state index >= 15 is 0 Å². The number of carbonyl (C=O) groups is 1. The average molecular weight is 354 g/mol. The number of ketones is 1. The van der Waals surface area contributed by atoms with Crippen molar-refractivity contribution in [1.82, 2.24) is 9.88 Å². The Morgan fingerprint density at radius 1 is 1.33 bits per heavy atom. The summed E-state index contributed by atoms with van der Waals surface area (Å²) in [6.07, 6.45) is 0.